The first kappa shape index (κ1) is 19.2. The number of aromatic nitrogens is 1. The molecular formula is C22H23ClN2O2S. The van der Waals surface area contributed by atoms with Gasteiger partial charge in [-0.15, -0.1) is 0 Å². The maximum Gasteiger partial charge on any atom is 0.274 e. The van der Waals surface area contributed by atoms with Crippen molar-refractivity contribution in [2.75, 3.05) is 13.1 Å². The van der Waals surface area contributed by atoms with E-state index in [0.29, 0.717) is 16.6 Å². The first-order valence-corrected chi connectivity index (χ1v) is 10.9. The highest BCUT2D eigenvalue weighted by Crippen LogP contribution is 2.33. The van der Waals surface area contributed by atoms with Crippen molar-refractivity contribution < 1.29 is 9.53 Å². The number of hydrogen-bond donors (Lipinski definition) is 0. The van der Waals surface area contributed by atoms with E-state index in [1.807, 2.05) is 41.3 Å². The van der Waals surface area contributed by atoms with Gasteiger partial charge >= 0.3 is 0 Å². The molecule has 0 aliphatic carbocycles. The molecule has 0 N–H and O–H groups in total. The van der Waals surface area contributed by atoms with Crippen LogP contribution in [0.25, 0.3) is 10.2 Å². The molecule has 0 spiro atoms. The van der Waals surface area contributed by atoms with Crippen LogP contribution >= 0.6 is 22.9 Å². The lowest BCUT2D eigenvalue weighted by atomic mass is 10.1. The number of nitrogens with zero attached hydrogens (tertiary/aromatic N) is 2. The van der Waals surface area contributed by atoms with Crippen LogP contribution < -0.4 is 4.74 Å². The molecule has 3 aromatic rings. The fraction of sp³-hybridized carbons (Fsp3) is 0.364. The Kier molecular flexibility index (Phi) is 6.13. The van der Waals surface area contributed by atoms with Crippen molar-refractivity contribution in [3.05, 3.63) is 59.1 Å². The number of piperidine rings is 1. The fourth-order valence-electron chi connectivity index (χ4n) is 3.56. The molecule has 2 heterocycles. The minimum Gasteiger partial charge on any atom is -0.467 e. The number of halogens is 1. The quantitative estimate of drug-likeness (QED) is 0.546. The molecule has 0 atom stereocenters. The molecule has 4 nitrogen and oxygen atoms in total. The number of para-hydroxylation sites is 1. The molecule has 0 radical (unpaired) electrons. The molecule has 2 aromatic carbocycles. The summed E-state index contributed by atoms with van der Waals surface area (Å²) in [5.74, 6) is 0.251. The summed E-state index contributed by atoms with van der Waals surface area (Å²) in [5, 5.41) is 1.32. The number of fused-ring (bicyclic) bond motifs is 1. The van der Waals surface area contributed by atoms with Gasteiger partial charge in [-0.25, -0.2) is 4.98 Å². The zero-order chi connectivity index (χ0) is 19.3. The van der Waals surface area contributed by atoms with Crippen molar-refractivity contribution in [3.63, 3.8) is 0 Å². The smallest absolute Gasteiger partial charge is 0.274 e. The molecule has 1 aliphatic rings. The highest BCUT2D eigenvalue weighted by Gasteiger charge is 2.24. The van der Waals surface area contributed by atoms with Crippen LogP contribution in [-0.4, -0.2) is 35.0 Å². The van der Waals surface area contributed by atoms with E-state index in [-0.39, 0.29) is 12.0 Å². The lowest BCUT2D eigenvalue weighted by Gasteiger charge is -2.31. The third-order valence-electron chi connectivity index (χ3n) is 5.11. The summed E-state index contributed by atoms with van der Waals surface area (Å²) < 4.78 is 7.11. The minimum atomic E-state index is 0.104. The Balaban J connectivity index is 1.23. The van der Waals surface area contributed by atoms with E-state index in [2.05, 4.69) is 17.1 Å². The topological polar surface area (TPSA) is 42.4 Å². The van der Waals surface area contributed by atoms with Crippen molar-refractivity contribution in [1.82, 2.24) is 9.88 Å². The van der Waals surface area contributed by atoms with Crippen LogP contribution in [0.1, 0.15) is 31.2 Å². The van der Waals surface area contributed by atoms with Crippen LogP contribution in [0.15, 0.2) is 48.5 Å². The molecule has 1 aromatic heterocycles. The van der Waals surface area contributed by atoms with Crippen LogP contribution in [0.4, 0.5) is 0 Å². The van der Waals surface area contributed by atoms with Gasteiger partial charge in [0.1, 0.15) is 11.6 Å². The van der Waals surface area contributed by atoms with Crippen molar-refractivity contribution in [3.8, 4) is 5.19 Å². The molecule has 0 bridgehead atoms. The SMILES string of the molecule is O=C(CCCc1ccccc1)N1CCC(Oc2nc3c(Cl)cccc3s2)CC1. The first-order valence-electron chi connectivity index (χ1n) is 9.72. The Morgan fingerprint density at radius 2 is 1.93 bits per heavy atom. The van der Waals surface area contributed by atoms with Gasteiger partial charge < -0.3 is 9.64 Å². The monoisotopic (exact) mass is 414 g/mol. The molecule has 1 fully saturated rings. The molecule has 4 rings (SSSR count). The van der Waals surface area contributed by atoms with Crippen molar-refractivity contribution in [1.29, 1.82) is 0 Å². The Labute approximate surface area is 174 Å². The fourth-order valence-corrected chi connectivity index (χ4v) is 4.74. The molecule has 1 saturated heterocycles. The van der Waals surface area contributed by atoms with E-state index in [0.717, 1.165) is 49.0 Å². The summed E-state index contributed by atoms with van der Waals surface area (Å²) in [6.07, 6.45) is 4.24. The largest absolute Gasteiger partial charge is 0.467 e. The number of aryl methyl sites for hydroxylation is 1. The third kappa shape index (κ3) is 4.65. The molecule has 0 unspecified atom stereocenters. The molecule has 1 amide bonds. The van der Waals surface area contributed by atoms with Gasteiger partial charge in [-0.3, -0.25) is 4.79 Å². The van der Waals surface area contributed by atoms with E-state index in [4.69, 9.17) is 16.3 Å². The van der Waals surface area contributed by atoms with Crippen molar-refractivity contribution >= 4 is 39.1 Å². The van der Waals surface area contributed by atoms with E-state index >= 15 is 0 Å². The highest BCUT2D eigenvalue weighted by molar-refractivity contribution is 7.20. The third-order valence-corrected chi connectivity index (χ3v) is 6.33. The van der Waals surface area contributed by atoms with Crippen molar-refractivity contribution in [2.24, 2.45) is 0 Å². The normalized spacial score (nSPS) is 15.1. The first-order chi connectivity index (χ1) is 13.7. The number of benzene rings is 2. The molecule has 146 valence electrons. The van der Waals surface area contributed by atoms with Crippen LogP contribution in [0, 0.1) is 0 Å². The second-order valence-corrected chi connectivity index (χ2v) is 8.50. The summed E-state index contributed by atoms with van der Waals surface area (Å²) in [7, 11) is 0. The molecule has 28 heavy (non-hydrogen) atoms. The second kappa shape index (κ2) is 8.93. The molecule has 6 heteroatoms. The second-order valence-electron chi connectivity index (χ2n) is 7.10. The number of rotatable bonds is 6. The summed E-state index contributed by atoms with van der Waals surface area (Å²) in [4.78, 5) is 19.0. The molecule has 0 saturated carbocycles. The van der Waals surface area contributed by atoms with Gasteiger partial charge in [-0.05, 0) is 30.5 Å². The average Bonchev–Trinajstić information content (AvgIpc) is 3.13. The van der Waals surface area contributed by atoms with Gasteiger partial charge in [0, 0.05) is 32.4 Å². The van der Waals surface area contributed by atoms with E-state index in [1.54, 1.807) is 0 Å². The maximum atomic E-state index is 12.5. The van der Waals surface area contributed by atoms with Crippen LogP contribution in [0.3, 0.4) is 0 Å². The highest BCUT2D eigenvalue weighted by atomic mass is 35.5. The molecule has 1 aliphatic heterocycles. The van der Waals surface area contributed by atoms with E-state index in [1.165, 1.54) is 16.9 Å². The van der Waals surface area contributed by atoms with Crippen molar-refractivity contribution in [2.45, 2.75) is 38.2 Å². The number of hydrogen-bond acceptors (Lipinski definition) is 4. The Morgan fingerprint density at radius 1 is 1.14 bits per heavy atom. The standard InChI is InChI=1S/C22H23ClN2O2S/c23-18-9-5-10-19-21(18)24-22(28-19)27-17-12-14-25(15-13-17)20(26)11-4-8-16-6-2-1-3-7-16/h1-3,5-7,9-10,17H,4,8,11-15H2. The number of carbonyl (C=O) groups excluding carboxylic acids is 1. The predicted molar refractivity (Wildman–Crippen MR) is 114 cm³/mol. The van der Waals surface area contributed by atoms with Gasteiger partial charge in [0.05, 0.1) is 9.72 Å². The summed E-state index contributed by atoms with van der Waals surface area (Å²) in [5.41, 5.74) is 2.09. The number of carbonyl (C=O) groups is 1. The lowest BCUT2D eigenvalue weighted by Crippen LogP contribution is -2.41. The van der Waals surface area contributed by atoms with E-state index in [9.17, 15) is 4.79 Å². The Bertz CT molecular complexity index is 936. The Hall–Kier alpha value is -2.11. The Morgan fingerprint density at radius 3 is 2.68 bits per heavy atom. The zero-order valence-electron chi connectivity index (χ0n) is 15.6. The summed E-state index contributed by atoms with van der Waals surface area (Å²) in [6, 6.07) is 16.1. The average molecular weight is 415 g/mol. The summed E-state index contributed by atoms with van der Waals surface area (Å²) in [6.45, 7) is 1.50. The van der Waals surface area contributed by atoms with Gasteiger partial charge in [0.15, 0.2) is 0 Å². The van der Waals surface area contributed by atoms with Gasteiger partial charge in [0.2, 0.25) is 5.91 Å². The number of thiazole rings is 1. The minimum absolute atomic E-state index is 0.104. The summed E-state index contributed by atoms with van der Waals surface area (Å²) >= 11 is 7.72. The maximum absolute atomic E-state index is 12.5. The zero-order valence-corrected chi connectivity index (χ0v) is 17.2. The van der Waals surface area contributed by atoms with Crippen LogP contribution in [0.5, 0.6) is 5.19 Å². The van der Waals surface area contributed by atoms with Gasteiger partial charge in [-0.2, -0.15) is 0 Å². The number of likely N-dealkylation sites (tertiary alicyclic amines) is 1. The predicted octanol–water partition coefficient (Wildman–Crippen LogP) is 5.34. The van der Waals surface area contributed by atoms with Gasteiger partial charge in [0.25, 0.3) is 5.19 Å². The van der Waals surface area contributed by atoms with E-state index < -0.39 is 0 Å². The molecular weight excluding hydrogens is 392 g/mol. The van der Waals surface area contributed by atoms with Crippen LogP contribution in [0.2, 0.25) is 5.02 Å². The van der Waals surface area contributed by atoms with Gasteiger partial charge in [-0.1, -0.05) is 59.3 Å². The number of amides is 1. The van der Waals surface area contributed by atoms with Crippen LogP contribution in [-0.2, 0) is 11.2 Å². The lowest BCUT2D eigenvalue weighted by molar-refractivity contribution is -0.133. The number of ether oxygens (including phenoxy) is 1.